The summed E-state index contributed by atoms with van der Waals surface area (Å²) in [6.45, 7) is 5.33. The molecule has 0 radical (unpaired) electrons. The van der Waals surface area contributed by atoms with Crippen molar-refractivity contribution in [1.82, 2.24) is 23.5 Å². The van der Waals surface area contributed by atoms with Crippen molar-refractivity contribution in [2.75, 3.05) is 19.1 Å². The number of aromatic nitrogens is 5. The number of ether oxygens (including phenoxy) is 2. The molecule has 4 heterocycles. The molecule has 2 amide bonds. The van der Waals surface area contributed by atoms with Gasteiger partial charge in [-0.3, -0.25) is 14.4 Å². The van der Waals surface area contributed by atoms with Crippen LogP contribution in [0.2, 0.25) is 0 Å². The minimum atomic E-state index is -1.23. The van der Waals surface area contributed by atoms with Crippen LogP contribution in [0, 0.1) is 25.2 Å². The first kappa shape index (κ1) is 34.9. The largest absolute Gasteiger partial charge is 0.507 e. The van der Waals surface area contributed by atoms with Crippen LogP contribution >= 0.6 is 0 Å². The summed E-state index contributed by atoms with van der Waals surface area (Å²) in [6.07, 6.45) is 2.00. The number of carbonyl (C=O) groups is 2. The highest BCUT2D eigenvalue weighted by Gasteiger charge is 2.65. The van der Waals surface area contributed by atoms with Crippen molar-refractivity contribution in [2.45, 2.75) is 58.7 Å². The van der Waals surface area contributed by atoms with Crippen molar-refractivity contribution < 1.29 is 24.2 Å². The van der Waals surface area contributed by atoms with Crippen molar-refractivity contribution >= 4 is 28.5 Å². The molecule has 1 aliphatic carbocycles. The number of amides is 2. The van der Waals surface area contributed by atoms with Gasteiger partial charge in [0.05, 0.1) is 54.9 Å². The molecule has 54 heavy (non-hydrogen) atoms. The van der Waals surface area contributed by atoms with Crippen LogP contribution in [0.4, 0.5) is 5.69 Å². The summed E-state index contributed by atoms with van der Waals surface area (Å²) in [5, 5.41) is 10.7. The van der Waals surface area contributed by atoms with Crippen LogP contribution in [0.1, 0.15) is 47.7 Å². The predicted octanol–water partition coefficient (Wildman–Crippen LogP) is 3.51. The Balaban J connectivity index is 1.21. The van der Waals surface area contributed by atoms with E-state index in [9.17, 15) is 29.1 Å². The van der Waals surface area contributed by atoms with Crippen molar-refractivity contribution in [3.05, 3.63) is 120 Å². The number of allylic oxidation sites excluding steroid dienone is 2. The number of fused-ring (bicyclic) bond motifs is 5. The Morgan fingerprint density at radius 3 is 2.26 bits per heavy atom. The van der Waals surface area contributed by atoms with E-state index >= 15 is 0 Å². The maximum atomic E-state index is 14.6. The lowest BCUT2D eigenvalue weighted by atomic mass is 9.56. The molecular formula is C40H40N6O8. The van der Waals surface area contributed by atoms with Crippen LogP contribution in [-0.4, -0.2) is 54.6 Å². The van der Waals surface area contributed by atoms with Crippen molar-refractivity contribution in [1.29, 1.82) is 0 Å². The molecule has 2 fully saturated rings. The topological polar surface area (TPSA) is 160 Å². The molecule has 0 spiro atoms. The number of imide groups is 1. The van der Waals surface area contributed by atoms with Gasteiger partial charge in [-0.2, -0.15) is 0 Å². The van der Waals surface area contributed by atoms with E-state index in [2.05, 4.69) is 4.98 Å². The lowest BCUT2D eigenvalue weighted by molar-refractivity contribution is -0.129. The SMILES string of the molecule is COc1cc2nc(CCn3c(=O)n4n(c3=O)[C@@H]3C[C@H]5C(=O)N(c6ccccc6)C(=O)[C@@]5(C)[C@@H](c5cc(C)c(O)c(C)c5)C3=CC4)c(=O)n(C)c2cc1OC. The molecule has 14 nitrogen and oxygen atoms in total. The molecule has 1 saturated carbocycles. The van der Waals surface area contributed by atoms with Gasteiger partial charge in [0, 0.05) is 38.1 Å². The molecule has 0 bridgehead atoms. The zero-order chi connectivity index (χ0) is 38.4. The van der Waals surface area contributed by atoms with Gasteiger partial charge in [0.1, 0.15) is 11.4 Å². The fraction of sp³-hybridized carbons (Fsp3) is 0.350. The van der Waals surface area contributed by atoms with Crippen molar-refractivity contribution in [2.24, 2.45) is 18.4 Å². The Bertz CT molecular complexity index is 2610. The first-order valence-corrected chi connectivity index (χ1v) is 17.8. The van der Waals surface area contributed by atoms with E-state index in [-0.39, 0.29) is 54.7 Å². The second-order valence-electron chi connectivity index (χ2n) is 14.6. The summed E-state index contributed by atoms with van der Waals surface area (Å²) in [4.78, 5) is 76.6. The molecular weight excluding hydrogens is 692 g/mol. The highest BCUT2D eigenvalue weighted by molar-refractivity contribution is 6.24. The fourth-order valence-electron chi connectivity index (χ4n) is 8.97. The molecule has 5 aromatic rings. The number of benzene rings is 3. The highest BCUT2D eigenvalue weighted by Crippen LogP contribution is 2.61. The van der Waals surface area contributed by atoms with Gasteiger partial charge in [-0.25, -0.2) is 33.4 Å². The third-order valence-corrected chi connectivity index (χ3v) is 11.7. The van der Waals surface area contributed by atoms with E-state index < -0.39 is 34.7 Å². The van der Waals surface area contributed by atoms with Gasteiger partial charge in [-0.05, 0) is 61.6 Å². The predicted molar refractivity (Wildman–Crippen MR) is 199 cm³/mol. The van der Waals surface area contributed by atoms with Gasteiger partial charge in [-0.15, -0.1) is 0 Å². The number of para-hydroxylation sites is 1. The van der Waals surface area contributed by atoms with E-state index in [1.807, 2.05) is 31.2 Å². The summed E-state index contributed by atoms with van der Waals surface area (Å²) < 4.78 is 16.1. The molecule has 0 unspecified atom stereocenters. The van der Waals surface area contributed by atoms with Gasteiger partial charge < -0.3 is 19.1 Å². The minimum Gasteiger partial charge on any atom is -0.507 e. The number of carbonyl (C=O) groups excluding carboxylic acids is 2. The average Bonchev–Trinajstić information content (AvgIpc) is 3.52. The summed E-state index contributed by atoms with van der Waals surface area (Å²) in [6, 6.07) is 15.1. The number of hydrogen-bond donors (Lipinski definition) is 1. The maximum Gasteiger partial charge on any atom is 0.347 e. The zero-order valence-electron chi connectivity index (χ0n) is 30.8. The van der Waals surface area contributed by atoms with E-state index in [1.165, 1.54) is 33.1 Å². The molecule has 2 aromatic heterocycles. The van der Waals surface area contributed by atoms with Crippen LogP contribution in [0.25, 0.3) is 11.0 Å². The lowest BCUT2D eigenvalue weighted by Crippen LogP contribution is -2.49. The highest BCUT2D eigenvalue weighted by atomic mass is 16.5. The van der Waals surface area contributed by atoms with Crippen LogP contribution in [0.15, 0.2) is 80.6 Å². The second kappa shape index (κ2) is 12.5. The second-order valence-corrected chi connectivity index (χ2v) is 14.6. The van der Waals surface area contributed by atoms with Crippen molar-refractivity contribution in [3.63, 3.8) is 0 Å². The van der Waals surface area contributed by atoms with E-state index in [0.717, 1.165) is 15.7 Å². The number of phenols is 1. The number of aromatic hydroxyl groups is 1. The van der Waals surface area contributed by atoms with Gasteiger partial charge in [0.2, 0.25) is 11.8 Å². The number of nitrogens with zero attached hydrogens (tertiary/aromatic N) is 6. The fourth-order valence-corrected chi connectivity index (χ4v) is 8.97. The standard InChI is InChI=1S/C40H40N6O8/c1-21-16-23(17-22(2)34(21)47)33-25-12-15-44-38(51)43(14-13-27-36(49)42(4)30-20-32(54-6)31(53-5)19-28(30)41-27)39(52)46(44)29(25)18-26-35(48)45(37(50)40(26,33)3)24-10-8-7-9-11-24/h7-12,16-17,19-20,26,29,33,47H,13-15,18H2,1-6H3/t26-,29+,33-,40+/m0/s1. The molecule has 4 atom stereocenters. The van der Waals surface area contributed by atoms with Gasteiger partial charge in [0.15, 0.2) is 11.5 Å². The number of hydrogen-bond acceptors (Lipinski definition) is 9. The summed E-state index contributed by atoms with van der Waals surface area (Å²) in [5.41, 5.74) is 1.61. The van der Waals surface area contributed by atoms with Gasteiger partial charge in [0.25, 0.3) is 5.56 Å². The number of methoxy groups -OCH3 is 2. The Kier molecular flexibility index (Phi) is 8.05. The van der Waals surface area contributed by atoms with Crippen LogP contribution in [0.3, 0.4) is 0 Å². The first-order valence-electron chi connectivity index (χ1n) is 17.8. The molecule has 3 aromatic carbocycles. The molecule has 1 saturated heterocycles. The smallest absolute Gasteiger partial charge is 0.347 e. The van der Waals surface area contributed by atoms with Crippen LogP contribution < -0.4 is 31.3 Å². The molecule has 8 rings (SSSR count). The third kappa shape index (κ3) is 4.85. The van der Waals surface area contributed by atoms with Gasteiger partial charge >= 0.3 is 11.4 Å². The molecule has 2 aliphatic heterocycles. The monoisotopic (exact) mass is 732 g/mol. The minimum absolute atomic E-state index is 0.00449. The Morgan fingerprint density at radius 1 is 0.926 bits per heavy atom. The Hall–Kier alpha value is -6.18. The molecule has 14 heteroatoms. The van der Waals surface area contributed by atoms with E-state index in [1.54, 1.807) is 57.3 Å². The number of aryl methyl sites for hydroxylation is 4. The summed E-state index contributed by atoms with van der Waals surface area (Å²) in [7, 11) is 4.62. The maximum absolute atomic E-state index is 14.6. The first-order chi connectivity index (χ1) is 25.8. The lowest BCUT2D eigenvalue weighted by Gasteiger charge is -2.47. The van der Waals surface area contributed by atoms with E-state index in [0.29, 0.717) is 39.3 Å². The summed E-state index contributed by atoms with van der Waals surface area (Å²) >= 11 is 0. The average molecular weight is 733 g/mol. The quantitative estimate of drug-likeness (QED) is 0.195. The normalized spacial score (nSPS) is 21.9. The number of phenolic OH excluding ortho intramolecular Hbond substituents is 1. The van der Waals surface area contributed by atoms with E-state index in [4.69, 9.17) is 9.47 Å². The van der Waals surface area contributed by atoms with Gasteiger partial charge in [-0.1, -0.05) is 36.4 Å². The van der Waals surface area contributed by atoms with Crippen LogP contribution in [0.5, 0.6) is 17.2 Å². The molecule has 278 valence electrons. The number of anilines is 1. The Labute approximate surface area is 309 Å². The Morgan fingerprint density at radius 2 is 1.59 bits per heavy atom. The summed E-state index contributed by atoms with van der Waals surface area (Å²) in [5.74, 6) is -1.17. The van der Waals surface area contributed by atoms with Crippen LogP contribution in [-0.2, 0) is 36.1 Å². The molecule has 3 aliphatic rings. The third-order valence-electron chi connectivity index (χ3n) is 11.7. The van der Waals surface area contributed by atoms with Crippen molar-refractivity contribution in [3.8, 4) is 17.2 Å². The zero-order valence-corrected chi connectivity index (χ0v) is 30.8. The molecule has 1 N–H and O–H groups in total. The number of rotatable bonds is 7.